The summed E-state index contributed by atoms with van der Waals surface area (Å²) >= 11 is 0. The van der Waals surface area contributed by atoms with Crippen molar-refractivity contribution < 1.29 is 22.1 Å². The van der Waals surface area contributed by atoms with Gasteiger partial charge in [0, 0.05) is 12.0 Å². The van der Waals surface area contributed by atoms with Crippen LogP contribution in [0.15, 0.2) is 0 Å². The fraction of sp³-hybridized carbons (Fsp3) is 0.952. The van der Waals surface area contributed by atoms with E-state index in [2.05, 4.69) is 4.72 Å². The summed E-state index contributed by atoms with van der Waals surface area (Å²) in [6.07, 6.45) is 9.03. The lowest BCUT2D eigenvalue weighted by Gasteiger charge is -2.27. The van der Waals surface area contributed by atoms with Gasteiger partial charge in [0.2, 0.25) is 0 Å². The third-order valence-electron chi connectivity index (χ3n) is 4.76. The van der Waals surface area contributed by atoms with Crippen LogP contribution in [-0.2, 0) is 24.0 Å². The molecular formula is C21H41NO5S. The third kappa shape index (κ3) is 12.7. The molecule has 6 nitrogen and oxygen atoms in total. The molecule has 1 aliphatic rings. The lowest BCUT2D eigenvalue weighted by Crippen LogP contribution is -2.41. The molecule has 0 aliphatic heterocycles. The molecule has 28 heavy (non-hydrogen) atoms. The summed E-state index contributed by atoms with van der Waals surface area (Å²) in [5.41, 5.74) is -1.05. The Morgan fingerprint density at radius 3 is 2.18 bits per heavy atom. The van der Waals surface area contributed by atoms with Gasteiger partial charge in [0.15, 0.2) is 0 Å². The quantitative estimate of drug-likeness (QED) is 0.518. The molecule has 0 amide bonds. The maximum Gasteiger partial charge on any atom is 0.336 e. The second kappa shape index (κ2) is 10.9. The fourth-order valence-electron chi connectivity index (χ4n) is 3.72. The Balaban J connectivity index is 2.56. The second-order valence-electron chi connectivity index (χ2n) is 10.1. The molecule has 0 saturated heterocycles. The average Bonchev–Trinajstić information content (AvgIpc) is 2.49. The third-order valence-corrected chi connectivity index (χ3v) is 6.10. The molecule has 1 aliphatic carbocycles. The Morgan fingerprint density at radius 1 is 1.04 bits per heavy atom. The first-order chi connectivity index (χ1) is 12.8. The van der Waals surface area contributed by atoms with E-state index in [1.54, 1.807) is 20.8 Å². The second-order valence-corrected chi connectivity index (χ2v) is 11.5. The van der Waals surface area contributed by atoms with Gasteiger partial charge >= 0.3 is 16.3 Å². The van der Waals surface area contributed by atoms with Gasteiger partial charge in [0.05, 0.1) is 6.61 Å². The summed E-state index contributed by atoms with van der Waals surface area (Å²) in [6.45, 7) is 11.1. The van der Waals surface area contributed by atoms with E-state index in [9.17, 15) is 13.2 Å². The van der Waals surface area contributed by atoms with Gasteiger partial charge in [-0.2, -0.15) is 13.1 Å². The molecule has 1 saturated carbocycles. The fourth-order valence-corrected chi connectivity index (χ4v) is 4.84. The lowest BCUT2D eigenvalue weighted by atomic mass is 9.80. The normalized spacial score (nSPS) is 18.1. The van der Waals surface area contributed by atoms with Gasteiger partial charge in [-0.05, 0) is 72.6 Å². The molecular weight excluding hydrogens is 378 g/mol. The Morgan fingerprint density at radius 2 is 1.64 bits per heavy atom. The van der Waals surface area contributed by atoms with E-state index in [1.165, 1.54) is 32.1 Å². The van der Waals surface area contributed by atoms with Gasteiger partial charge in [-0.3, -0.25) is 8.98 Å². The highest BCUT2D eigenvalue weighted by molar-refractivity contribution is 7.84. The topological polar surface area (TPSA) is 81.7 Å². The molecule has 1 unspecified atom stereocenters. The Hall–Kier alpha value is -0.660. The summed E-state index contributed by atoms with van der Waals surface area (Å²) in [6, 6.07) is 0. The largest absolute Gasteiger partial charge is 0.460 e. The van der Waals surface area contributed by atoms with Crippen LogP contribution in [0.25, 0.3) is 0 Å². The van der Waals surface area contributed by atoms with Crippen molar-refractivity contribution in [1.82, 2.24) is 4.72 Å². The average molecular weight is 420 g/mol. The minimum Gasteiger partial charge on any atom is -0.460 e. The smallest absolute Gasteiger partial charge is 0.336 e. The molecule has 166 valence electrons. The van der Waals surface area contributed by atoms with E-state index >= 15 is 0 Å². The van der Waals surface area contributed by atoms with Crippen molar-refractivity contribution in [3.8, 4) is 0 Å². The molecule has 7 heteroatoms. The first-order valence-corrected chi connectivity index (χ1v) is 12.1. The number of nitrogens with one attached hydrogen (secondary N) is 1. The van der Waals surface area contributed by atoms with E-state index < -0.39 is 21.4 Å². The monoisotopic (exact) mass is 419 g/mol. The molecule has 0 aromatic heterocycles. The van der Waals surface area contributed by atoms with Gasteiger partial charge in [-0.1, -0.05) is 32.1 Å². The van der Waals surface area contributed by atoms with Crippen molar-refractivity contribution in [2.45, 2.75) is 110 Å². The molecule has 0 radical (unpaired) electrons. The van der Waals surface area contributed by atoms with Crippen LogP contribution in [0.2, 0.25) is 0 Å². The molecule has 0 aromatic carbocycles. The number of ether oxygens (including phenoxy) is 1. The number of rotatable bonds is 10. The zero-order valence-electron chi connectivity index (χ0n) is 18.7. The molecule has 1 rings (SSSR count). The van der Waals surface area contributed by atoms with Crippen LogP contribution >= 0.6 is 0 Å². The van der Waals surface area contributed by atoms with Crippen molar-refractivity contribution in [3.05, 3.63) is 0 Å². The predicted molar refractivity (Wildman–Crippen MR) is 112 cm³/mol. The van der Waals surface area contributed by atoms with Crippen LogP contribution in [0.1, 0.15) is 99.3 Å². The van der Waals surface area contributed by atoms with Crippen LogP contribution in [0, 0.1) is 11.8 Å². The van der Waals surface area contributed by atoms with E-state index in [4.69, 9.17) is 8.92 Å². The molecule has 0 bridgehead atoms. The summed E-state index contributed by atoms with van der Waals surface area (Å²) in [5, 5.41) is 0. The van der Waals surface area contributed by atoms with Crippen LogP contribution in [0.5, 0.6) is 0 Å². The highest BCUT2D eigenvalue weighted by atomic mass is 32.2. The van der Waals surface area contributed by atoms with Crippen molar-refractivity contribution >= 4 is 16.3 Å². The maximum absolute atomic E-state index is 12.1. The maximum atomic E-state index is 12.1. The molecule has 0 heterocycles. The number of carbonyl (C=O) groups is 1. The standard InChI is InChI=1S/C21H41NO5S/c1-20(2,3)22-28(24,25)26-15-14-18(16-17-10-8-7-9-11-17)12-13-19(23)27-21(4,5)6/h17-18,22H,7-16H2,1-6H3. The summed E-state index contributed by atoms with van der Waals surface area (Å²) in [7, 11) is -3.76. The van der Waals surface area contributed by atoms with Gasteiger partial charge in [-0.25, -0.2) is 0 Å². The van der Waals surface area contributed by atoms with E-state index in [0.29, 0.717) is 25.2 Å². The van der Waals surface area contributed by atoms with Gasteiger partial charge in [0.1, 0.15) is 5.60 Å². The van der Waals surface area contributed by atoms with E-state index in [-0.39, 0.29) is 18.5 Å². The van der Waals surface area contributed by atoms with Crippen LogP contribution in [-0.4, -0.2) is 32.1 Å². The van der Waals surface area contributed by atoms with Gasteiger partial charge in [-0.15, -0.1) is 0 Å². The van der Waals surface area contributed by atoms with Crippen molar-refractivity contribution in [3.63, 3.8) is 0 Å². The zero-order valence-corrected chi connectivity index (χ0v) is 19.5. The van der Waals surface area contributed by atoms with Crippen LogP contribution < -0.4 is 4.72 Å². The number of hydrogen-bond donors (Lipinski definition) is 1. The Bertz CT molecular complexity index is 569. The minimum absolute atomic E-state index is 0.136. The number of esters is 1. The summed E-state index contributed by atoms with van der Waals surface area (Å²) in [4.78, 5) is 12.1. The van der Waals surface area contributed by atoms with Gasteiger partial charge in [0.25, 0.3) is 0 Å². The summed E-state index contributed by atoms with van der Waals surface area (Å²) < 4.78 is 37.1. The Kier molecular flexibility index (Phi) is 9.90. The van der Waals surface area contributed by atoms with Crippen LogP contribution in [0.4, 0.5) is 0 Å². The predicted octanol–water partition coefficient (Wildman–Crippen LogP) is 4.73. The van der Waals surface area contributed by atoms with Crippen molar-refractivity contribution in [2.24, 2.45) is 11.8 Å². The molecule has 1 atom stereocenters. The molecule has 1 N–H and O–H groups in total. The SMILES string of the molecule is CC(C)(C)NS(=O)(=O)OCCC(CCC(=O)OC(C)(C)C)CC1CCCCC1. The molecule has 0 spiro atoms. The summed E-state index contributed by atoms with van der Waals surface area (Å²) in [5.74, 6) is 0.742. The van der Waals surface area contributed by atoms with Crippen LogP contribution in [0.3, 0.4) is 0 Å². The molecule has 1 fully saturated rings. The van der Waals surface area contributed by atoms with Gasteiger partial charge < -0.3 is 4.74 Å². The highest BCUT2D eigenvalue weighted by Crippen LogP contribution is 2.32. The minimum atomic E-state index is -3.76. The highest BCUT2D eigenvalue weighted by Gasteiger charge is 2.24. The van der Waals surface area contributed by atoms with E-state index in [1.807, 2.05) is 20.8 Å². The molecule has 0 aromatic rings. The number of carbonyl (C=O) groups excluding carboxylic acids is 1. The Labute approximate surface area is 172 Å². The number of hydrogen-bond acceptors (Lipinski definition) is 5. The van der Waals surface area contributed by atoms with Crippen molar-refractivity contribution in [2.75, 3.05) is 6.61 Å². The first-order valence-electron chi connectivity index (χ1n) is 10.7. The van der Waals surface area contributed by atoms with E-state index in [0.717, 1.165) is 6.42 Å². The zero-order chi connectivity index (χ0) is 21.4. The first kappa shape index (κ1) is 25.4. The van der Waals surface area contributed by atoms with Crippen molar-refractivity contribution in [1.29, 1.82) is 0 Å². The lowest BCUT2D eigenvalue weighted by molar-refractivity contribution is -0.155.